The fraction of sp³-hybridized carbons (Fsp3) is 0.278. The van der Waals surface area contributed by atoms with Crippen LogP contribution in [0.4, 0.5) is 5.69 Å². The Bertz CT molecular complexity index is 647. The molecule has 2 rings (SSSR count). The molecule has 0 aliphatic carbocycles. The number of rotatable bonds is 5. The lowest BCUT2D eigenvalue weighted by molar-refractivity contribution is -0.122. The maximum atomic E-state index is 12.2. The van der Waals surface area contributed by atoms with Gasteiger partial charge >= 0.3 is 0 Å². The van der Waals surface area contributed by atoms with Crippen molar-refractivity contribution < 1.29 is 14.3 Å². The van der Waals surface area contributed by atoms with Crippen LogP contribution < -0.4 is 14.8 Å². The molecule has 0 fully saturated rings. The molecule has 116 valence electrons. The highest BCUT2D eigenvalue weighted by Crippen LogP contribution is 2.19. The first-order valence-corrected chi connectivity index (χ1v) is 7.18. The van der Waals surface area contributed by atoms with Crippen molar-refractivity contribution in [2.24, 2.45) is 0 Å². The van der Waals surface area contributed by atoms with Gasteiger partial charge < -0.3 is 14.8 Å². The van der Waals surface area contributed by atoms with E-state index in [1.54, 1.807) is 20.1 Å². The second-order valence-electron chi connectivity index (χ2n) is 5.30. The van der Waals surface area contributed by atoms with Crippen LogP contribution in [-0.4, -0.2) is 19.1 Å². The molecule has 2 aromatic rings. The quantitative estimate of drug-likeness (QED) is 0.915. The molecule has 1 N–H and O–H groups in total. The van der Waals surface area contributed by atoms with Crippen LogP contribution in [0, 0.1) is 13.8 Å². The van der Waals surface area contributed by atoms with Crippen LogP contribution in [0.5, 0.6) is 11.5 Å². The van der Waals surface area contributed by atoms with Gasteiger partial charge in [0.2, 0.25) is 0 Å². The number of benzene rings is 2. The number of anilines is 1. The molecule has 0 aliphatic heterocycles. The van der Waals surface area contributed by atoms with E-state index in [0.717, 1.165) is 11.1 Å². The Hall–Kier alpha value is -2.49. The van der Waals surface area contributed by atoms with Crippen molar-refractivity contribution >= 4 is 11.6 Å². The Morgan fingerprint density at radius 1 is 1.05 bits per heavy atom. The van der Waals surface area contributed by atoms with Gasteiger partial charge in [0.1, 0.15) is 11.5 Å². The van der Waals surface area contributed by atoms with E-state index in [4.69, 9.17) is 9.47 Å². The maximum Gasteiger partial charge on any atom is 0.265 e. The molecule has 0 unspecified atom stereocenters. The number of ether oxygens (including phenoxy) is 2. The number of carbonyl (C=O) groups excluding carboxylic acids is 1. The van der Waals surface area contributed by atoms with Gasteiger partial charge in [-0.1, -0.05) is 12.1 Å². The third-order valence-corrected chi connectivity index (χ3v) is 3.21. The predicted molar refractivity (Wildman–Crippen MR) is 87.6 cm³/mol. The summed E-state index contributed by atoms with van der Waals surface area (Å²) in [7, 11) is 1.59. The average molecular weight is 299 g/mol. The van der Waals surface area contributed by atoms with Crippen LogP contribution in [0.1, 0.15) is 18.1 Å². The summed E-state index contributed by atoms with van der Waals surface area (Å²) in [6, 6.07) is 13.1. The third-order valence-electron chi connectivity index (χ3n) is 3.21. The maximum absolute atomic E-state index is 12.2. The molecule has 0 bridgehead atoms. The molecule has 0 saturated heterocycles. The number of methoxy groups -OCH3 is 1. The Labute approximate surface area is 131 Å². The zero-order chi connectivity index (χ0) is 16.1. The van der Waals surface area contributed by atoms with Gasteiger partial charge in [-0.15, -0.1) is 0 Å². The Balaban J connectivity index is 2.02. The first kappa shape index (κ1) is 15.9. The lowest BCUT2D eigenvalue weighted by Crippen LogP contribution is -2.30. The molecule has 22 heavy (non-hydrogen) atoms. The van der Waals surface area contributed by atoms with Gasteiger partial charge in [-0.05, 0) is 56.2 Å². The van der Waals surface area contributed by atoms with Crippen LogP contribution in [-0.2, 0) is 4.79 Å². The molecule has 4 nitrogen and oxygen atoms in total. The Morgan fingerprint density at radius 2 is 1.73 bits per heavy atom. The summed E-state index contributed by atoms with van der Waals surface area (Å²) >= 11 is 0. The van der Waals surface area contributed by atoms with Crippen molar-refractivity contribution in [2.75, 3.05) is 12.4 Å². The van der Waals surface area contributed by atoms with E-state index in [2.05, 4.69) is 11.4 Å². The van der Waals surface area contributed by atoms with Gasteiger partial charge in [0.05, 0.1) is 7.11 Å². The van der Waals surface area contributed by atoms with Gasteiger partial charge in [0.15, 0.2) is 6.10 Å². The van der Waals surface area contributed by atoms with Crippen molar-refractivity contribution in [3.63, 3.8) is 0 Å². The lowest BCUT2D eigenvalue weighted by atomic mass is 10.1. The zero-order valence-corrected chi connectivity index (χ0v) is 13.3. The summed E-state index contributed by atoms with van der Waals surface area (Å²) < 4.78 is 10.9. The number of carbonyl (C=O) groups is 1. The minimum Gasteiger partial charge on any atom is -0.497 e. The molecule has 1 amide bonds. The average Bonchev–Trinajstić information content (AvgIpc) is 2.46. The summed E-state index contributed by atoms with van der Waals surface area (Å²) in [6.07, 6.45) is -0.590. The van der Waals surface area contributed by atoms with Crippen molar-refractivity contribution in [1.82, 2.24) is 0 Å². The molecule has 0 saturated carbocycles. The van der Waals surface area contributed by atoms with Gasteiger partial charge in [0, 0.05) is 11.8 Å². The SMILES string of the molecule is COc1cccc(NC(=O)[C@H](C)Oc2cc(C)cc(C)c2)c1. The highest BCUT2D eigenvalue weighted by Gasteiger charge is 2.15. The van der Waals surface area contributed by atoms with Gasteiger partial charge in [-0.25, -0.2) is 0 Å². The number of nitrogens with one attached hydrogen (secondary N) is 1. The molecule has 0 spiro atoms. The van der Waals surface area contributed by atoms with Crippen LogP contribution in [0.15, 0.2) is 42.5 Å². The highest BCUT2D eigenvalue weighted by atomic mass is 16.5. The van der Waals surface area contributed by atoms with E-state index >= 15 is 0 Å². The van der Waals surface area contributed by atoms with E-state index < -0.39 is 6.10 Å². The Morgan fingerprint density at radius 3 is 2.36 bits per heavy atom. The van der Waals surface area contributed by atoms with E-state index in [1.807, 2.05) is 44.2 Å². The molecular formula is C18H21NO3. The van der Waals surface area contributed by atoms with Gasteiger partial charge in [0.25, 0.3) is 5.91 Å². The molecule has 0 radical (unpaired) electrons. The van der Waals surface area contributed by atoms with Crippen molar-refractivity contribution in [1.29, 1.82) is 0 Å². The molecular weight excluding hydrogens is 278 g/mol. The molecule has 0 aliphatic rings. The monoisotopic (exact) mass is 299 g/mol. The van der Waals surface area contributed by atoms with Crippen molar-refractivity contribution in [3.8, 4) is 11.5 Å². The van der Waals surface area contributed by atoms with Crippen LogP contribution >= 0.6 is 0 Å². The van der Waals surface area contributed by atoms with Crippen LogP contribution in [0.25, 0.3) is 0 Å². The highest BCUT2D eigenvalue weighted by molar-refractivity contribution is 5.94. The predicted octanol–water partition coefficient (Wildman–Crippen LogP) is 3.72. The molecule has 1 atom stereocenters. The topological polar surface area (TPSA) is 47.6 Å². The third kappa shape index (κ3) is 4.25. The normalized spacial score (nSPS) is 11.6. The van der Waals surface area contributed by atoms with Crippen LogP contribution in [0.3, 0.4) is 0 Å². The number of hydrogen-bond acceptors (Lipinski definition) is 3. The minimum absolute atomic E-state index is 0.201. The minimum atomic E-state index is -0.590. The summed E-state index contributed by atoms with van der Waals surface area (Å²) in [5, 5.41) is 2.82. The fourth-order valence-electron chi connectivity index (χ4n) is 2.20. The molecule has 0 aromatic heterocycles. The summed E-state index contributed by atoms with van der Waals surface area (Å²) in [6.45, 7) is 5.73. The van der Waals surface area contributed by atoms with Crippen molar-refractivity contribution in [3.05, 3.63) is 53.6 Å². The molecule has 0 heterocycles. The first-order valence-electron chi connectivity index (χ1n) is 7.18. The Kier molecular flexibility index (Phi) is 5.04. The largest absolute Gasteiger partial charge is 0.497 e. The van der Waals surface area contributed by atoms with E-state index in [1.165, 1.54) is 0 Å². The van der Waals surface area contributed by atoms with Crippen molar-refractivity contribution in [2.45, 2.75) is 26.9 Å². The summed E-state index contributed by atoms with van der Waals surface area (Å²) in [4.78, 5) is 12.2. The van der Waals surface area contributed by atoms with E-state index in [0.29, 0.717) is 17.2 Å². The molecule has 2 aromatic carbocycles. The molecule has 4 heteroatoms. The number of aryl methyl sites for hydroxylation is 2. The number of amides is 1. The van der Waals surface area contributed by atoms with Gasteiger partial charge in [-0.3, -0.25) is 4.79 Å². The fourth-order valence-corrected chi connectivity index (χ4v) is 2.20. The first-order chi connectivity index (χ1) is 10.5. The second kappa shape index (κ2) is 6.98. The summed E-state index contributed by atoms with van der Waals surface area (Å²) in [5.41, 5.74) is 2.89. The standard InChI is InChI=1S/C18H21NO3/c1-12-8-13(2)10-17(9-12)22-14(3)18(20)19-15-6-5-7-16(11-15)21-4/h5-11,14H,1-4H3,(H,19,20)/t14-/m0/s1. The lowest BCUT2D eigenvalue weighted by Gasteiger charge is -2.16. The van der Waals surface area contributed by atoms with E-state index in [-0.39, 0.29) is 5.91 Å². The second-order valence-corrected chi connectivity index (χ2v) is 5.30. The smallest absolute Gasteiger partial charge is 0.265 e. The zero-order valence-electron chi connectivity index (χ0n) is 13.3. The summed E-state index contributed by atoms with van der Waals surface area (Å²) in [5.74, 6) is 1.19. The number of hydrogen-bond donors (Lipinski definition) is 1. The van der Waals surface area contributed by atoms with Crippen LogP contribution in [0.2, 0.25) is 0 Å². The van der Waals surface area contributed by atoms with E-state index in [9.17, 15) is 4.79 Å². The van der Waals surface area contributed by atoms with Gasteiger partial charge in [-0.2, -0.15) is 0 Å².